The van der Waals surface area contributed by atoms with Gasteiger partial charge in [0.25, 0.3) is 5.91 Å². The minimum atomic E-state index is -3.49. The van der Waals surface area contributed by atoms with Crippen molar-refractivity contribution < 1.29 is 13.2 Å². The maximum Gasteiger partial charge on any atom is 0.251 e. The highest BCUT2D eigenvalue weighted by atomic mass is 32.2. The third-order valence-electron chi connectivity index (χ3n) is 5.47. The second-order valence-corrected chi connectivity index (χ2v) is 9.11. The normalized spacial score (nSPS) is 20.8. The minimum Gasteiger partial charge on any atom is -0.349 e. The second kappa shape index (κ2) is 8.50. The standard InChI is InChI=1S/C19H29N3O3S/c1-2-21-12-14-22(15-13-21)26(24,25)18-10-8-16(9-11-18)19(23)20-17-6-4-3-5-7-17/h8-11,17H,2-7,12-15H2,1H3,(H,20,23). The molecule has 3 rings (SSSR count). The molecule has 0 bridgehead atoms. The Labute approximate surface area is 156 Å². The number of amides is 1. The summed E-state index contributed by atoms with van der Waals surface area (Å²) < 4.78 is 27.1. The van der Waals surface area contributed by atoms with Gasteiger partial charge in [-0.25, -0.2) is 8.42 Å². The van der Waals surface area contributed by atoms with E-state index in [0.29, 0.717) is 18.7 Å². The lowest BCUT2D eigenvalue weighted by atomic mass is 9.95. The van der Waals surface area contributed by atoms with Crippen molar-refractivity contribution in [2.75, 3.05) is 32.7 Å². The molecule has 1 aliphatic heterocycles. The van der Waals surface area contributed by atoms with Crippen LogP contribution in [0.5, 0.6) is 0 Å². The summed E-state index contributed by atoms with van der Waals surface area (Å²) in [4.78, 5) is 14.9. The van der Waals surface area contributed by atoms with Crippen molar-refractivity contribution >= 4 is 15.9 Å². The summed E-state index contributed by atoms with van der Waals surface area (Å²) in [6, 6.07) is 6.59. The third kappa shape index (κ3) is 4.45. The first-order valence-electron chi connectivity index (χ1n) is 9.64. The topological polar surface area (TPSA) is 69.7 Å². The van der Waals surface area contributed by atoms with E-state index in [0.717, 1.165) is 45.3 Å². The summed E-state index contributed by atoms with van der Waals surface area (Å²) in [5, 5.41) is 3.06. The molecule has 0 unspecified atom stereocenters. The molecule has 0 aromatic heterocycles. The van der Waals surface area contributed by atoms with Crippen molar-refractivity contribution in [3.63, 3.8) is 0 Å². The number of likely N-dealkylation sites (N-methyl/N-ethyl adjacent to an activating group) is 1. The second-order valence-electron chi connectivity index (χ2n) is 7.17. The number of hydrogen-bond donors (Lipinski definition) is 1. The number of benzene rings is 1. The first-order chi connectivity index (χ1) is 12.5. The van der Waals surface area contributed by atoms with Crippen LogP contribution in [0, 0.1) is 0 Å². The largest absolute Gasteiger partial charge is 0.349 e. The number of rotatable bonds is 5. The molecule has 6 nitrogen and oxygen atoms in total. The fourth-order valence-corrected chi connectivity index (χ4v) is 5.15. The molecule has 0 atom stereocenters. The van der Waals surface area contributed by atoms with Crippen LogP contribution in [-0.2, 0) is 10.0 Å². The highest BCUT2D eigenvalue weighted by molar-refractivity contribution is 7.89. The molecule has 7 heteroatoms. The maximum absolute atomic E-state index is 12.8. The Morgan fingerprint density at radius 2 is 1.65 bits per heavy atom. The van der Waals surface area contributed by atoms with E-state index in [2.05, 4.69) is 17.1 Å². The van der Waals surface area contributed by atoms with E-state index in [-0.39, 0.29) is 16.8 Å². The molecule has 1 saturated heterocycles. The lowest BCUT2D eigenvalue weighted by Gasteiger charge is -2.33. The molecule has 26 heavy (non-hydrogen) atoms. The first-order valence-corrected chi connectivity index (χ1v) is 11.1. The molecular formula is C19H29N3O3S. The van der Waals surface area contributed by atoms with Crippen molar-refractivity contribution in [3.05, 3.63) is 29.8 Å². The average Bonchev–Trinajstić information content (AvgIpc) is 2.69. The lowest BCUT2D eigenvalue weighted by Crippen LogP contribution is -2.48. The predicted molar refractivity (Wildman–Crippen MR) is 102 cm³/mol. The highest BCUT2D eigenvalue weighted by Gasteiger charge is 2.28. The van der Waals surface area contributed by atoms with Crippen LogP contribution in [-0.4, -0.2) is 62.3 Å². The molecular weight excluding hydrogens is 350 g/mol. The summed E-state index contributed by atoms with van der Waals surface area (Å²) in [5.41, 5.74) is 0.519. The molecule has 0 radical (unpaired) electrons. The van der Waals surface area contributed by atoms with E-state index in [1.807, 2.05) is 0 Å². The molecule has 2 fully saturated rings. The van der Waals surface area contributed by atoms with Gasteiger partial charge >= 0.3 is 0 Å². The van der Waals surface area contributed by atoms with Crippen LogP contribution in [0.15, 0.2) is 29.2 Å². The Balaban J connectivity index is 1.63. The van der Waals surface area contributed by atoms with Crippen LogP contribution in [0.1, 0.15) is 49.4 Å². The lowest BCUT2D eigenvalue weighted by molar-refractivity contribution is 0.0927. The molecule has 1 aromatic rings. The van der Waals surface area contributed by atoms with Gasteiger partial charge in [0, 0.05) is 37.8 Å². The van der Waals surface area contributed by atoms with E-state index in [4.69, 9.17) is 0 Å². The van der Waals surface area contributed by atoms with E-state index in [1.54, 1.807) is 24.3 Å². The Kier molecular flexibility index (Phi) is 6.32. The number of nitrogens with zero attached hydrogens (tertiary/aromatic N) is 2. The van der Waals surface area contributed by atoms with Crippen LogP contribution in [0.2, 0.25) is 0 Å². The van der Waals surface area contributed by atoms with Crippen LogP contribution >= 0.6 is 0 Å². The van der Waals surface area contributed by atoms with Gasteiger partial charge in [-0.1, -0.05) is 26.2 Å². The fraction of sp³-hybridized carbons (Fsp3) is 0.632. The number of hydrogen-bond acceptors (Lipinski definition) is 4. The molecule has 1 saturated carbocycles. The monoisotopic (exact) mass is 379 g/mol. The van der Waals surface area contributed by atoms with Crippen LogP contribution in [0.4, 0.5) is 0 Å². The Morgan fingerprint density at radius 3 is 2.23 bits per heavy atom. The Hall–Kier alpha value is -1.44. The first kappa shape index (κ1) is 19.3. The van der Waals surface area contributed by atoms with Crippen molar-refractivity contribution in [2.24, 2.45) is 0 Å². The summed E-state index contributed by atoms with van der Waals surface area (Å²) in [6.45, 7) is 5.58. The molecule has 0 spiro atoms. The molecule has 1 heterocycles. The van der Waals surface area contributed by atoms with Crippen molar-refractivity contribution in [1.82, 2.24) is 14.5 Å². The van der Waals surface area contributed by atoms with Gasteiger partial charge in [-0.2, -0.15) is 4.31 Å². The summed E-state index contributed by atoms with van der Waals surface area (Å²) in [6.07, 6.45) is 5.62. The van der Waals surface area contributed by atoms with Gasteiger partial charge < -0.3 is 10.2 Å². The summed E-state index contributed by atoms with van der Waals surface area (Å²) >= 11 is 0. The van der Waals surface area contributed by atoms with Crippen molar-refractivity contribution in [1.29, 1.82) is 0 Å². The molecule has 1 aromatic carbocycles. The molecule has 1 N–H and O–H groups in total. The molecule has 144 valence electrons. The van der Waals surface area contributed by atoms with Crippen LogP contribution in [0.3, 0.4) is 0 Å². The number of carbonyl (C=O) groups is 1. The number of sulfonamides is 1. The zero-order valence-corrected chi connectivity index (χ0v) is 16.3. The molecule has 1 amide bonds. The van der Waals surface area contributed by atoms with E-state index < -0.39 is 10.0 Å². The average molecular weight is 380 g/mol. The Bertz CT molecular complexity index is 704. The van der Waals surface area contributed by atoms with Gasteiger partial charge in [-0.05, 0) is 43.7 Å². The number of piperazine rings is 1. The van der Waals surface area contributed by atoms with E-state index >= 15 is 0 Å². The van der Waals surface area contributed by atoms with Gasteiger partial charge in [0.05, 0.1) is 4.90 Å². The van der Waals surface area contributed by atoms with E-state index in [9.17, 15) is 13.2 Å². The van der Waals surface area contributed by atoms with Gasteiger partial charge in [0.15, 0.2) is 0 Å². The van der Waals surface area contributed by atoms with Gasteiger partial charge in [-0.3, -0.25) is 4.79 Å². The zero-order chi connectivity index (χ0) is 18.6. The zero-order valence-electron chi connectivity index (χ0n) is 15.5. The van der Waals surface area contributed by atoms with Gasteiger partial charge in [0.1, 0.15) is 0 Å². The predicted octanol–water partition coefficient (Wildman–Crippen LogP) is 2.08. The van der Waals surface area contributed by atoms with Gasteiger partial charge in [0.2, 0.25) is 10.0 Å². The molecule has 1 aliphatic carbocycles. The minimum absolute atomic E-state index is 0.114. The Morgan fingerprint density at radius 1 is 1.04 bits per heavy atom. The molecule has 2 aliphatic rings. The summed E-state index contributed by atoms with van der Waals surface area (Å²) in [5.74, 6) is -0.114. The van der Waals surface area contributed by atoms with Crippen molar-refractivity contribution in [2.45, 2.75) is 50.0 Å². The van der Waals surface area contributed by atoms with E-state index in [1.165, 1.54) is 10.7 Å². The summed E-state index contributed by atoms with van der Waals surface area (Å²) in [7, 11) is -3.49. The fourth-order valence-electron chi connectivity index (χ4n) is 3.73. The highest BCUT2D eigenvalue weighted by Crippen LogP contribution is 2.20. The van der Waals surface area contributed by atoms with Crippen molar-refractivity contribution in [3.8, 4) is 0 Å². The van der Waals surface area contributed by atoms with Crippen LogP contribution in [0.25, 0.3) is 0 Å². The smallest absolute Gasteiger partial charge is 0.251 e. The van der Waals surface area contributed by atoms with Crippen LogP contribution < -0.4 is 5.32 Å². The maximum atomic E-state index is 12.8. The quantitative estimate of drug-likeness (QED) is 0.850. The SMILES string of the molecule is CCN1CCN(S(=O)(=O)c2ccc(C(=O)NC3CCCCC3)cc2)CC1. The third-order valence-corrected chi connectivity index (χ3v) is 7.39. The number of nitrogens with one attached hydrogen (secondary N) is 1. The number of carbonyl (C=O) groups excluding carboxylic acids is 1. The van der Waals surface area contributed by atoms with Gasteiger partial charge in [-0.15, -0.1) is 0 Å².